The molecule has 4 nitrogen and oxygen atoms in total. The molecule has 3 atom stereocenters. The van der Waals surface area contributed by atoms with Crippen molar-refractivity contribution in [1.29, 1.82) is 0 Å². The van der Waals surface area contributed by atoms with Gasteiger partial charge in [-0.05, 0) is 76.3 Å². The lowest BCUT2D eigenvalue weighted by molar-refractivity contribution is -0.140. The van der Waals surface area contributed by atoms with Crippen LogP contribution in [0, 0.1) is 24.7 Å². The second-order valence-corrected chi connectivity index (χ2v) is 10.5. The van der Waals surface area contributed by atoms with Gasteiger partial charge in [0.15, 0.2) is 0 Å². The van der Waals surface area contributed by atoms with E-state index in [1.807, 2.05) is 20.8 Å². The molecule has 0 radical (unpaired) electrons. The molecule has 1 heterocycles. The molecule has 180 valence electrons. The molecule has 1 aliphatic carbocycles. The van der Waals surface area contributed by atoms with Crippen LogP contribution >= 0.6 is 0 Å². The van der Waals surface area contributed by atoms with Gasteiger partial charge in [0.1, 0.15) is 6.04 Å². The number of likely N-dealkylation sites (tertiary alicyclic amines) is 1. The maximum Gasteiger partial charge on any atom is 0.320 e. The lowest BCUT2D eigenvalue weighted by atomic mass is 9.89. The van der Waals surface area contributed by atoms with Crippen molar-refractivity contribution in [3.8, 4) is 0 Å². The highest BCUT2D eigenvalue weighted by Gasteiger charge is 2.34. The van der Waals surface area contributed by atoms with Crippen molar-refractivity contribution in [2.45, 2.75) is 83.7 Å². The molecule has 3 rings (SSSR count). The van der Waals surface area contributed by atoms with Crippen molar-refractivity contribution in [1.82, 2.24) is 10.2 Å². The predicted molar refractivity (Wildman–Crippen MR) is 124 cm³/mol. The minimum atomic E-state index is -2.75. The Kier molecular flexibility index (Phi) is 8.68. The van der Waals surface area contributed by atoms with E-state index >= 15 is 0 Å². The van der Waals surface area contributed by atoms with E-state index in [9.17, 15) is 18.7 Å². The van der Waals surface area contributed by atoms with Crippen molar-refractivity contribution in [3.05, 3.63) is 35.4 Å². The van der Waals surface area contributed by atoms with E-state index in [0.717, 1.165) is 57.3 Å². The summed E-state index contributed by atoms with van der Waals surface area (Å²) < 4.78 is 29.1. The number of piperidine rings is 1. The van der Waals surface area contributed by atoms with E-state index in [4.69, 9.17) is 0 Å². The number of rotatable bonds is 10. The van der Waals surface area contributed by atoms with E-state index in [1.54, 1.807) is 24.3 Å². The number of aliphatic carboxylic acids is 1. The van der Waals surface area contributed by atoms with Gasteiger partial charge in [0, 0.05) is 24.6 Å². The summed E-state index contributed by atoms with van der Waals surface area (Å²) in [5, 5.41) is 12.8. The zero-order chi connectivity index (χ0) is 23.3. The molecular weight excluding hydrogens is 410 g/mol. The lowest BCUT2D eigenvalue weighted by Gasteiger charge is -2.34. The number of alkyl halides is 2. The predicted octanol–water partition coefficient (Wildman–Crippen LogP) is 5.45. The minimum absolute atomic E-state index is 0.0721. The molecule has 0 spiro atoms. The molecule has 1 aromatic carbocycles. The smallest absolute Gasteiger partial charge is 0.320 e. The van der Waals surface area contributed by atoms with Gasteiger partial charge in [0.05, 0.1) is 0 Å². The third-order valence-corrected chi connectivity index (χ3v) is 7.45. The van der Waals surface area contributed by atoms with Crippen LogP contribution in [0.5, 0.6) is 0 Å². The number of nitrogens with zero attached hydrogens (tertiary/aromatic N) is 1. The maximum atomic E-state index is 14.6. The maximum absolute atomic E-state index is 14.6. The van der Waals surface area contributed by atoms with Crippen LogP contribution in [-0.2, 0) is 10.7 Å². The van der Waals surface area contributed by atoms with Gasteiger partial charge in [0.2, 0.25) is 0 Å². The Morgan fingerprint density at radius 1 is 1.12 bits per heavy atom. The summed E-state index contributed by atoms with van der Waals surface area (Å²) in [5.74, 6) is -2.47. The highest BCUT2D eigenvalue weighted by molar-refractivity contribution is 5.73. The van der Waals surface area contributed by atoms with Gasteiger partial charge in [-0.15, -0.1) is 0 Å². The van der Waals surface area contributed by atoms with Gasteiger partial charge in [-0.3, -0.25) is 4.79 Å². The summed E-state index contributed by atoms with van der Waals surface area (Å²) in [7, 11) is 0. The quantitative estimate of drug-likeness (QED) is 0.498. The van der Waals surface area contributed by atoms with Crippen molar-refractivity contribution in [2.24, 2.45) is 17.8 Å². The molecule has 2 unspecified atom stereocenters. The first-order valence-corrected chi connectivity index (χ1v) is 12.3. The summed E-state index contributed by atoms with van der Waals surface area (Å²) in [6.45, 7) is 8.82. The van der Waals surface area contributed by atoms with Gasteiger partial charge >= 0.3 is 5.97 Å². The van der Waals surface area contributed by atoms with Crippen molar-refractivity contribution >= 4 is 5.97 Å². The van der Waals surface area contributed by atoms with Gasteiger partial charge < -0.3 is 15.3 Å². The van der Waals surface area contributed by atoms with Crippen LogP contribution in [0.3, 0.4) is 0 Å². The Labute approximate surface area is 191 Å². The molecule has 2 aliphatic rings. The summed E-state index contributed by atoms with van der Waals surface area (Å²) >= 11 is 0. The Hall–Kier alpha value is -1.53. The first-order valence-electron chi connectivity index (χ1n) is 12.3. The molecule has 0 bridgehead atoms. The fraction of sp³-hybridized carbons (Fsp3) is 0.731. The Bertz CT molecular complexity index is 730. The number of hydrogen-bond acceptors (Lipinski definition) is 3. The number of carboxylic acid groups (broad SMARTS) is 1. The SMILES string of the molecule is Cc1ccc(C(F)(F)CCC2CCN(C[C@@H]3CCC(NC(C(=O)O)C(C)C)C3)CC2)cc1. The van der Waals surface area contributed by atoms with E-state index < -0.39 is 17.9 Å². The van der Waals surface area contributed by atoms with Crippen LogP contribution in [0.2, 0.25) is 0 Å². The highest BCUT2D eigenvalue weighted by Crippen LogP contribution is 2.36. The third kappa shape index (κ3) is 6.98. The third-order valence-electron chi connectivity index (χ3n) is 7.45. The van der Waals surface area contributed by atoms with Crippen LogP contribution in [0.4, 0.5) is 8.78 Å². The fourth-order valence-electron chi connectivity index (χ4n) is 5.34. The molecule has 1 saturated heterocycles. The van der Waals surface area contributed by atoms with E-state index in [-0.39, 0.29) is 23.9 Å². The van der Waals surface area contributed by atoms with Crippen molar-refractivity contribution < 1.29 is 18.7 Å². The molecule has 0 aromatic heterocycles. The Morgan fingerprint density at radius 2 is 1.78 bits per heavy atom. The van der Waals surface area contributed by atoms with Crippen LogP contribution in [0.25, 0.3) is 0 Å². The monoisotopic (exact) mass is 450 g/mol. The first-order chi connectivity index (χ1) is 15.1. The van der Waals surface area contributed by atoms with E-state index in [1.165, 1.54) is 0 Å². The first kappa shape index (κ1) is 25.1. The van der Waals surface area contributed by atoms with Crippen LogP contribution in [-0.4, -0.2) is 47.7 Å². The minimum Gasteiger partial charge on any atom is -0.480 e. The summed E-state index contributed by atoms with van der Waals surface area (Å²) in [4.78, 5) is 13.9. The van der Waals surface area contributed by atoms with Crippen LogP contribution in [0.15, 0.2) is 24.3 Å². The summed E-state index contributed by atoms with van der Waals surface area (Å²) in [6, 6.07) is 6.44. The molecule has 6 heteroatoms. The molecule has 1 saturated carbocycles. The average molecular weight is 451 g/mol. The van der Waals surface area contributed by atoms with E-state index in [0.29, 0.717) is 18.3 Å². The van der Waals surface area contributed by atoms with Crippen molar-refractivity contribution in [2.75, 3.05) is 19.6 Å². The lowest BCUT2D eigenvalue weighted by Crippen LogP contribution is -2.45. The van der Waals surface area contributed by atoms with Crippen molar-refractivity contribution in [3.63, 3.8) is 0 Å². The summed E-state index contributed by atoms with van der Waals surface area (Å²) in [6.07, 6.45) is 5.68. The number of carboxylic acids is 1. The average Bonchev–Trinajstić information content (AvgIpc) is 3.18. The Balaban J connectivity index is 1.37. The van der Waals surface area contributed by atoms with Gasteiger partial charge in [-0.25, -0.2) is 8.78 Å². The van der Waals surface area contributed by atoms with Gasteiger partial charge in [-0.2, -0.15) is 0 Å². The number of benzene rings is 1. The van der Waals surface area contributed by atoms with Crippen LogP contribution < -0.4 is 5.32 Å². The Morgan fingerprint density at radius 3 is 2.38 bits per heavy atom. The molecule has 32 heavy (non-hydrogen) atoms. The molecular formula is C26H40F2N2O2. The zero-order valence-electron chi connectivity index (χ0n) is 19.8. The van der Waals surface area contributed by atoms with E-state index in [2.05, 4.69) is 10.2 Å². The van der Waals surface area contributed by atoms with Gasteiger partial charge in [0.25, 0.3) is 5.92 Å². The number of hydrogen-bond donors (Lipinski definition) is 2. The number of nitrogens with one attached hydrogen (secondary N) is 1. The number of carbonyl (C=O) groups is 1. The second kappa shape index (κ2) is 11.1. The zero-order valence-corrected chi connectivity index (χ0v) is 19.8. The highest BCUT2D eigenvalue weighted by atomic mass is 19.3. The normalized spacial score (nSPS) is 24.2. The molecule has 2 N–H and O–H groups in total. The number of aryl methyl sites for hydroxylation is 1. The molecule has 2 fully saturated rings. The molecule has 1 aliphatic heterocycles. The molecule has 1 aromatic rings. The van der Waals surface area contributed by atoms with Gasteiger partial charge in [-0.1, -0.05) is 43.7 Å². The van der Waals surface area contributed by atoms with Crippen LogP contribution in [0.1, 0.15) is 69.9 Å². The standard InChI is InChI=1S/C26H40F2N2O2/c1-18(2)24(25(31)32)29-23-9-6-21(16-23)17-30-14-11-20(12-15-30)10-13-26(27,28)22-7-4-19(3)5-8-22/h4-5,7-8,18,20-21,23-24,29H,6,9-17H2,1-3H3,(H,31,32)/t21-,23?,24?/m1/s1. The largest absolute Gasteiger partial charge is 0.480 e. The molecule has 0 amide bonds. The second-order valence-electron chi connectivity index (χ2n) is 10.5. The topological polar surface area (TPSA) is 52.6 Å². The summed E-state index contributed by atoms with van der Waals surface area (Å²) in [5.41, 5.74) is 1.13. The number of halogens is 2. The fourth-order valence-corrected chi connectivity index (χ4v) is 5.34.